The summed E-state index contributed by atoms with van der Waals surface area (Å²) in [5, 5.41) is 7.56. The summed E-state index contributed by atoms with van der Waals surface area (Å²) in [5.41, 5.74) is 22.6. The average Bonchev–Trinajstić information content (AvgIpc) is 3.90. The molecule has 2 aliphatic carbocycles. The lowest BCUT2D eigenvalue weighted by atomic mass is 9.57. The van der Waals surface area contributed by atoms with Crippen LogP contribution in [-0.2, 0) is 32.5 Å². The van der Waals surface area contributed by atoms with Crippen molar-refractivity contribution >= 4 is 79.7 Å². The van der Waals surface area contributed by atoms with Gasteiger partial charge >= 0.3 is 0 Å². The smallest absolute Gasteiger partial charge is 0.203 e. The zero-order valence-corrected chi connectivity index (χ0v) is 45.9. The summed E-state index contributed by atoms with van der Waals surface area (Å²) in [6, 6.07) is 48.2. The first-order valence-electron chi connectivity index (χ1n) is 27.0. The number of nitrogens with zero attached hydrogens (tertiary/aromatic N) is 1. The Balaban J connectivity index is 1.19. The normalized spacial score (nSPS) is 17.5. The molecule has 1 aliphatic heterocycles. The van der Waals surface area contributed by atoms with E-state index in [9.17, 15) is 0 Å². The standard InChI is InChI=1S/C68H73BN2O2/c1-63(2,3)41-24-28-52(70-43-26-27-48-49(36-43)66(9,10)31-30-65(48,7)8)46(35-41)59-58-44-22-18-19-23-55(44)72-57(58)39-54-61(59)69-60-47-37-50-51(68(13,14)33-32-67(50,11)12)38-56(47)73-62(60)71(54)53-29-25-42(64(4,5)6)34-45(53)40-20-16-15-17-21-40/h15-29,34-39,69-70H,30-33H2,1-14H3. The molecule has 3 aliphatic rings. The van der Waals surface area contributed by atoms with Crippen LogP contribution >= 0.6 is 0 Å². The van der Waals surface area contributed by atoms with Gasteiger partial charge in [0.05, 0.1) is 5.69 Å². The lowest BCUT2D eigenvalue weighted by Crippen LogP contribution is -2.40. The van der Waals surface area contributed by atoms with Crippen LogP contribution in [0.1, 0.15) is 156 Å². The van der Waals surface area contributed by atoms with Crippen molar-refractivity contribution in [1.29, 1.82) is 0 Å². The second kappa shape index (κ2) is 16.0. The summed E-state index contributed by atoms with van der Waals surface area (Å²) in [6.45, 7) is 33.3. The van der Waals surface area contributed by atoms with Gasteiger partial charge in [0.2, 0.25) is 7.28 Å². The van der Waals surface area contributed by atoms with Gasteiger partial charge in [0.15, 0.2) is 5.88 Å². The quantitative estimate of drug-likeness (QED) is 0.175. The molecule has 7 aromatic carbocycles. The maximum Gasteiger partial charge on any atom is 0.203 e. The fourth-order valence-electron chi connectivity index (χ4n) is 12.9. The fraction of sp³-hybridized carbons (Fsp3) is 0.353. The fourth-order valence-corrected chi connectivity index (χ4v) is 12.9. The summed E-state index contributed by atoms with van der Waals surface area (Å²) < 4.78 is 14.6. The zero-order chi connectivity index (χ0) is 51.4. The van der Waals surface area contributed by atoms with E-state index < -0.39 is 0 Å². The van der Waals surface area contributed by atoms with Crippen molar-refractivity contribution in [2.24, 2.45) is 0 Å². The molecule has 3 heterocycles. The van der Waals surface area contributed by atoms with Crippen LogP contribution in [0.4, 0.5) is 28.6 Å². The van der Waals surface area contributed by atoms with Crippen LogP contribution in [0.15, 0.2) is 136 Å². The second-order valence-corrected chi connectivity index (χ2v) is 26.8. The summed E-state index contributed by atoms with van der Waals surface area (Å²) in [7, 11) is 0.684. The van der Waals surface area contributed by atoms with Gasteiger partial charge < -0.3 is 14.2 Å². The third-order valence-electron chi connectivity index (χ3n) is 17.8. The first kappa shape index (κ1) is 47.5. The van der Waals surface area contributed by atoms with E-state index in [1.807, 2.05) is 0 Å². The Bertz CT molecular complexity index is 3710. The zero-order valence-electron chi connectivity index (χ0n) is 45.9. The lowest BCUT2D eigenvalue weighted by molar-refractivity contribution is 0.332. The molecule has 0 saturated carbocycles. The third-order valence-corrected chi connectivity index (χ3v) is 17.8. The third kappa shape index (κ3) is 7.69. The van der Waals surface area contributed by atoms with E-state index in [1.54, 1.807) is 0 Å². The van der Waals surface area contributed by atoms with E-state index in [-0.39, 0.29) is 32.5 Å². The van der Waals surface area contributed by atoms with E-state index in [1.165, 1.54) is 72.8 Å². The van der Waals surface area contributed by atoms with Gasteiger partial charge in [0.25, 0.3) is 0 Å². The number of benzene rings is 7. The van der Waals surface area contributed by atoms with E-state index in [4.69, 9.17) is 8.83 Å². The Kier molecular flexibility index (Phi) is 10.4. The Labute approximate surface area is 434 Å². The molecule has 0 bridgehead atoms. The van der Waals surface area contributed by atoms with Gasteiger partial charge in [-0.15, -0.1) is 0 Å². The Morgan fingerprint density at radius 1 is 0.479 bits per heavy atom. The molecular weight excluding hydrogens is 888 g/mol. The van der Waals surface area contributed by atoms with E-state index in [0.29, 0.717) is 7.28 Å². The molecule has 0 unspecified atom stereocenters. The minimum Gasteiger partial charge on any atom is -0.456 e. The van der Waals surface area contributed by atoms with E-state index in [0.717, 1.165) is 81.0 Å². The number of fused-ring (bicyclic) bond motifs is 9. The molecule has 0 atom stereocenters. The minimum absolute atomic E-state index is 0.0291. The molecule has 0 radical (unpaired) electrons. The highest BCUT2D eigenvalue weighted by molar-refractivity contribution is 6.76. The second-order valence-electron chi connectivity index (χ2n) is 26.8. The maximum absolute atomic E-state index is 7.47. The molecule has 9 aromatic rings. The molecule has 0 amide bonds. The van der Waals surface area contributed by atoms with Crippen LogP contribution in [0.2, 0.25) is 0 Å². The molecular formula is C68H73BN2O2. The summed E-state index contributed by atoms with van der Waals surface area (Å²) >= 11 is 0. The molecule has 5 heteroatoms. The number of hydrogen-bond acceptors (Lipinski definition) is 4. The van der Waals surface area contributed by atoms with E-state index >= 15 is 0 Å². The number of furan rings is 2. The topological polar surface area (TPSA) is 41.6 Å². The summed E-state index contributed by atoms with van der Waals surface area (Å²) in [4.78, 5) is 2.46. The Morgan fingerprint density at radius 3 is 1.74 bits per heavy atom. The number of nitrogens with one attached hydrogen (secondary N) is 1. The van der Waals surface area contributed by atoms with Crippen LogP contribution in [0, 0.1) is 0 Å². The van der Waals surface area contributed by atoms with Gasteiger partial charge in [-0.05, 0) is 168 Å². The van der Waals surface area contributed by atoms with Crippen molar-refractivity contribution in [2.75, 3.05) is 10.2 Å². The van der Waals surface area contributed by atoms with Crippen molar-refractivity contribution in [2.45, 2.75) is 155 Å². The van der Waals surface area contributed by atoms with Crippen LogP contribution in [0.3, 0.4) is 0 Å². The molecule has 0 saturated heterocycles. The number of anilines is 5. The first-order chi connectivity index (χ1) is 34.4. The monoisotopic (exact) mass is 961 g/mol. The summed E-state index contributed by atoms with van der Waals surface area (Å²) in [5.74, 6) is 0.879. The van der Waals surface area contributed by atoms with Crippen LogP contribution in [-0.4, -0.2) is 7.28 Å². The molecule has 73 heavy (non-hydrogen) atoms. The highest BCUT2D eigenvalue weighted by Crippen LogP contribution is 2.53. The van der Waals surface area contributed by atoms with Crippen LogP contribution in [0.5, 0.6) is 0 Å². The maximum atomic E-state index is 7.47. The predicted octanol–water partition coefficient (Wildman–Crippen LogP) is 17.9. The van der Waals surface area contributed by atoms with Gasteiger partial charge in [-0.1, -0.05) is 164 Å². The van der Waals surface area contributed by atoms with Crippen LogP contribution < -0.4 is 21.1 Å². The first-order valence-corrected chi connectivity index (χ1v) is 27.0. The number of hydrogen-bond donors (Lipinski definition) is 1. The highest BCUT2D eigenvalue weighted by atomic mass is 16.4. The SMILES string of the molecule is CC(C)(C)c1ccc(Nc2ccc3c(c2)C(C)(C)CCC3(C)C)c(-c2c3c(cc4oc5ccccc5c24)N(c2ccc(C(C)(C)C)cc2-c2ccccc2)c2oc4cc5c(cc4c2B3)C(C)(C)CCC5(C)C)c1. The average molecular weight is 961 g/mol. The van der Waals surface area contributed by atoms with Gasteiger partial charge in [0.1, 0.15) is 16.7 Å². The molecule has 0 spiro atoms. The molecule has 370 valence electrons. The highest BCUT2D eigenvalue weighted by Gasteiger charge is 2.42. The van der Waals surface area contributed by atoms with Crippen molar-refractivity contribution < 1.29 is 8.83 Å². The summed E-state index contributed by atoms with van der Waals surface area (Å²) in [6.07, 6.45) is 4.62. The van der Waals surface area contributed by atoms with Gasteiger partial charge in [0, 0.05) is 50.4 Å². The Hall–Kier alpha value is -6.46. The molecule has 2 aromatic heterocycles. The van der Waals surface area contributed by atoms with Gasteiger partial charge in [-0.3, -0.25) is 4.90 Å². The van der Waals surface area contributed by atoms with Crippen molar-refractivity contribution in [3.05, 3.63) is 161 Å². The predicted molar refractivity (Wildman–Crippen MR) is 313 cm³/mol. The molecule has 0 fully saturated rings. The lowest BCUT2D eigenvalue weighted by Gasteiger charge is -2.42. The molecule has 1 N–H and O–H groups in total. The molecule has 4 nitrogen and oxygen atoms in total. The molecule has 12 rings (SSSR count). The van der Waals surface area contributed by atoms with E-state index in [2.05, 4.69) is 235 Å². The van der Waals surface area contributed by atoms with Crippen LogP contribution in [0.25, 0.3) is 55.2 Å². The van der Waals surface area contributed by atoms with Crippen molar-refractivity contribution in [3.8, 4) is 22.3 Å². The van der Waals surface area contributed by atoms with Crippen molar-refractivity contribution in [3.63, 3.8) is 0 Å². The minimum atomic E-state index is -0.111. The largest absolute Gasteiger partial charge is 0.456 e. The van der Waals surface area contributed by atoms with Crippen molar-refractivity contribution in [1.82, 2.24) is 0 Å². The number of para-hydroxylation sites is 1. The van der Waals surface area contributed by atoms with Gasteiger partial charge in [-0.25, -0.2) is 0 Å². The Morgan fingerprint density at radius 2 is 1.07 bits per heavy atom. The van der Waals surface area contributed by atoms with Gasteiger partial charge in [-0.2, -0.15) is 0 Å². The number of rotatable bonds is 5.